The van der Waals surface area contributed by atoms with E-state index in [9.17, 15) is 4.79 Å². The van der Waals surface area contributed by atoms with Crippen molar-refractivity contribution in [1.29, 1.82) is 0 Å². The van der Waals surface area contributed by atoms with E-state index in [2.05, 4.69) is 21.1 Å². The van der Waals surface area contributed by atoms with Gasteiger partial charge in [0.05, 0.1) is 18.4 Å². The highest BCUT2D eigenvalue weighted by Crippen LogP contribution is 2.23. The third-order valence-corrected chi connectivity index (χ3v) is 4.64. The van der Waals surface area contributed by atoms with Crippen LogP contribution in [0.5, 0.6) is 0 Å². The first-order valence-electron chi connectivity index (χ1n) is 8.37. The molecule has 3 aromatic rings. The summed E-state index contributed by atoms with van der Waals surface area (Å²) in [6, 6.07) is 6.24. The Morgan fingerprint density at radius 2 is 2.29 bits per heavy atom. The Bertz CT molecular complexity index is 907. The number of benzene rings is 1. The van der Waals surface area contributed by atoms with Gasteiger partial charge in [0.25, 0.3) is 0 Å². The first-order valence-corrected chi connectivity index (χ1v) is 8.37. The summed E-state index contributed by atoms with van der Waals surface area (Å²) in [4.78, 5) is 16.9. The van der Waals surface area contributed by atoms with Crippen LogP contribution in [-0.4, -0.2) is 21.5 Å². The topological polar surface area (TPSA) is 60.1 Å². The van der Waals surface area contributed by atoms with Crippen LogP contribution in [0.1, 0.15) is 29.1 Å². The molecular formula is C19H21N3O2. The Labute approximate surface area is 140 Å². The summed E-state index contributed by atoms with van der Waals surface area (Å²) in [5.74, 6) is 1.16. The summed E-state index contributed by atoms with van der Waals surface area (Å²) in [5, 5.41) is 4.17. The summed E-state index contributed by atoms with van der Waals surface area (Å²) in [7, 11) is 0. The van der Waals surface area contributed by atoms with Crippen molar-refractivity contribution in [3.8, 4) is 0 Å². The molecule has 0 saturated carbocycles. The summed E-state index contributed by atoms with van der Waals surface area (Å²) in [5.41, 5.74) is 3.98. The van der Waals surface area contributed by atoms with Gasteiger partial charge in [-0.25, -0.2) is 4.98 Å². The van der Waals surface area contributed by atoms with Crippen LogP contribution in [0.3, 0.4) is 0 Å². The van der Waals surface area contributed by atoms with Gasteiger partial charge >= 0.3 is 0 Å². The molecule has 1 N–H and O–H groups in total. The lowest BCUT2D eigenvalue weighted by atomic mass is 10.1. The minimum atomic E-state index is 0.0450. The Morgan fingerprint density at radius 3 is 3.17 bits per heavy atom. The van der Waals surface area contributed by atoms with Crippen molar-refractivity contribution in [3.63, 3.8) is 0 Å². The molecule has 0 bridgehead atoms. The molecule has 1 atom stereocenters. The normalized spacial score (nSPS) is 17.0. The number of imidazole rings is 1. The number of amides is 1. The van der Waals surface area contributed by atoms with E-state index in [0.29, 0.717) is 6.42 Å². The maximum Gasteiger partial charge on any atom is 0.224 e. The number of furan rings is 1. The molecule has 24 heavy (non-hydrogen) atoms. The van der Waals surface area contributed by atoms with E-state index < -0.39 is 0 Å². The number of carbonyl (C=O) groups excluding carboxylic acids is 1. The lowest BCUT2D eigenvalue weighted by molar-refractivity contribution is -0.121. The van der Waals surface area contributed by atoms with Gasteiger partial charge in [0.1, 0.15) is 11.4 Å². The smallest absolute Gasteiger partial charge is 0.224 e. The minimum absolute atomic E-state index is 0.0450. The molecule has 0 spiro atoms. The van der Waals surface area contributed by atoms with Gasteiger partial charge in [-0.3, -0.25) is 4.79 Å². The molecule has 124 valence electrons. The second kappa shape index (κ2) is 5.82. The van der Waals surface area contributed by atoms with E-state index in [0.717, 1.165) is 53.0 Å². The summed E-state index contributed by atoms with van der Waals surface area (Å²) >= 11 is 0. The molecule has 0 radical (unpaired) electrons. The number of aromatic nitrogens is 2. The number of nitrogens with one attached hydrogen (secondary N) is 1. The van der Waals surface area contributed by atoms with Crippen LogP contribution >= 0.6 is 0 Å². The van der Waals surface area contributed by atoms with Crippen LogP contribution in [0.2, 0.25) is 0 Å². The van der Waals surface area contributed by atoms with E-state index in [1.807, 2.05) is 32.0 Å². The lowest BCUT2D eigenvalue weighted by Crippen LogP contribution is -2.41. The number of hydrogen-bond acceptors (Lipinski definition) is 3. The summed E-state index contributed by atoms with van der Waals surface area (Å²) in [6.07, 6.45) is 5.95. The number of nitrogens with zero attached hydrogens (tertiary/aromatic N) is 2. The van der Waals surface area contributed by atoms with Crippen LogP contribution < -0.4 is 5.32 Å². The third kappa shape index (κ3) is 2.82. The Balaban J connectivity index is 1.43. The van der Waals surface area contributed by atoms with E-state index in [-0.39, 0.29) is 11.9 Å². The quantitative estimate of drug-likeness (QED) is 0.806. The average Bonchev–Trinajstić information content (AvgIpc) is 3.09. The average molecular weight is 323 g/mol. The number of hydrogen-bond donors (Lipinski definition) is 1. The van der Waals surface area contributed by atoms with Gasteiger partial charge in [-0.2, -0.15) is 0 Å². The van der Waals surface area contributed by atoms with Crippen LogP contribution in [0.15, 0.2) is 35.1 Å². The highest BCUT2D eigenvalue weighted by atomic mass is 16.3. The van der Waals surface area contributed by atoms with Crippen molar-refractivity contribution in [1.82, 2.24) is 14.9 Å². The molecule has 0 unspecified atom stereocenters. The van der Waals surface area contributed by atoms with Gasteiger partial charge in [-0.15, -0.1) is 0 Å². The lowest BCUT2D eigenvalue weighted by Gasteiger charge is -2.24. The minimum Gasteiger partial charge on any atom is -0.464 e. The Morgan fingerprint density at radius 1 is 1.42 bits per heavy atom. The Kier molecular flexibility index (Phi) is 3.63. The van der Waals surface area contributed by atoms with Crippen molar-refractivity contribution in [2.24, 2.45) is 0 Å². The number of rotatable bonds is 3. The molecule has 5 heteroatoms. The van der Waals surface area contributed by atoms with Crippen LogP contribution in [0.4, 0.5) is 0 Å². The second-order valence-corrected chi connectivity index (χ2v) is 6.69. The molecule has 5 nitrogen and oxygen atoms in total. The first kappa shape index (κ1) is 15.0. The van der Waals surface area contributed by atoms with Gasteiger partial charge in [-0.05, 0) is 31.9 Å². The fourth-order valence-electron chi connectivity index (χ4n) is 3.48. The predicted molar refractivity (Wildman–Crippen MR) is 91.9 cm³/mol. The fourth-order valence-corrected chi connectivity index (χ4v) is 3.48. The zero-order valence-corrected chi connectivity index (χ0v) is 14.0. The number of aryl methyl sites for hydroxylation is 3. The molecule has 0 saturated heterocycles. The molecule has 1 aliphatic rings. The van der Waals surface area contributed by atoms with E-state index in [1.54, 1.807) is 6.26 Å². The van der Waals surface area contributed by atoms with E-state index >= 15 is 0 Å². The number of fused-ring (bicyclic) bond motifs is 2. The standard InChI is InChI=1S/C19H21N3O2/c1-12-3-5-16-14(11-24-17(16)7-12)8-19(23)21-15-4-6-18-20-13(2)9-22(18)10-15/h3,5,7,9,11,15H,4,6,8,10H2,1-2H3,(H,21,23)/t15-/m1/s1. The monoisotopic (exact) mass is 323 g/mol. The molecule has 3 heterocycles. The van der Waals surface area contributed by atoms with Crippen LogP contribution in [0, 0.1) is 13.8 Å². The maximum absolute atomic E-state index is 12.4. The molecule has 1 aliphatic heterocycles. The number of carbonyl (C=O) groups is 1. The molecular weight excluding hydrogens is 302 g/mol. The van der Waals surface area contributed by atoms with E-state index in [4.69, 9.17) is 4.42 Å². The van der Waals surface area contributed by atoms with Crippen molar-refractivity contribution >= 4 is 16.9 Å². The van der Waals surface area contributed by atoms with Gasteiger partial charge in [-0.1, -0.05) is 12.1 Å². The van der Waals surface area contributed by atoms with Crippen molar-refractivity contribution < 1.29 is 9.21 Å². The van der Waals surface area contributed by atoms with E-state index in [1.165, 1.54) is 0 Å². The molecule has 1 amide bonds. The van der Waals surface area contributed by atoms with Gasteiger partial charge in [0.2, 0.25) is 5.91 Å². The molecule has 0 fully saturated rings. The van der Waals surface area contributed by atoms with Crippen LogP contribution in [0.25, 0.3) is 11.0 Å². The summed E-state index contributed by atoms with van der Waals surface area (Å²) in [6.45, 7) is 4.83. The van der Waals surface area contributed by atoms with Crippen molar-refractivity contribution in [3.05, 3.63) is 53.3 Å². The zero-order chi connectivity index (χ0) is 16.7. The zero-order valence-electron chi connectivity index (χ0n) is 14.0. The Hall–Kier alpha value is -2.56. The highest BCUT2D eigenvalue weighted by molar-refractivity contribution is 5.88. The first-order chi connectivity index (χ1) is 11.6. The molecule has 2 aromatic heterocycles. The second-order valence-electron chi connectivity index (χ2n) is 6.69. The molecule has 4 rings (SSSR count). The predicted octanol–water partition coefficient (Wildman–Crippen LogP) is 2.92. The van der Waals surface area contributed by atoms with Crippen molar-refractivity contribution in [2.75, 3.05) is 0 Å². The van der Waals surface area contributed by atoms with Gasteiger partial charge in [0, 0.05) is 36.2 Å². The largest absolute Gasteiger partial charge is 0.464 e. The van der Waals surface area contributed by atoms with Gasteiger partial charge in [0.15, 0.2) is 0 Å². The summed E-state index contributed by atoms with van der Waals surface area (Å²) < 4.78 is 7.73. The van der Waals surface area contributed by atoms with Crippen LogP contribution in [-0.2, 0) is 24.2 Å². The van der Waals surface area contributed by atoms with Gasteiger partial charge < -0.3 is 14.3 Å². The highest BCUT2D eigenvalue weighted by Gasteiger charge is 2.21. The third-order valence-electron chi connectivity index (χ3n) is 4.64. The maximum atomic E-state index is 12.4. The SMILES string of the molecule is Cc1ccc2c(CC(=O)N[C@@H]3CCc4nc(C)cn4C3)coc2c1. The van der Waals surface area contributed by atoms with Crippen molar-refractivity contribution in [2.45, 2.75) is 45.7 Å². The fraction of sp³-hybridized carbons (Fsp3) is 0.368. The molecule has 0 aliphatic carbocycles. The molecule has 1 aromatic carbocycles.